The smallest absolute Gasteiger partial charge is 0.0953 e. The van der Waals surface area contributed by atoms with Crippen LogP contribution in [0.5, 0.6) is 0 Å². The number of hydrogen-bond donors (Lipinski definition) is 0. The van der Waals surface area contributed by atoms with Crippen LogP contribution < -0.4 is 0 Å². The molecule has 0 radical (unpaired) electrons. The monoisotopic (exact) mass is 187 g/mol. The minimum atomic E-state index is 0.582. The number of rotatable bonds is 3. The fourth-order valence-electron chi connectivity index (χ4n) is 0.847. The summed E-state index contributed by atoms with van der Waals surface area (Å²) >= 11 is 1.84. The van der Waals surface area contributed by atoms with E-state index in [9.17, 15) is 0 Å². The first-order valence-electron chi connectivity index (χ1n) is 3.88. The van der Waals surface area contributed by atoms with E-state index >= 15 is 0 Å². The highest BCUT2D eigenvalue weighted by Crippen LogP contribution is 2.21. The Morgan fingerprint density at radius 3 is 2.82 bits per heavy atom. The van der Waals surface area contributed by atoms with Crippen LogP contribution in [-0.4, -0.2) is 11.1 Å². The summed E-state index contributed by atoms with van der Waals surface area (Å²) in [5, 5.41) is 1.26. The van der Waals surface area contributed by atoms with E-state index in [2.05, 4.69) is 28.1 Å². The van der Waals surface area contributed by atoms with Gasteiger partial charge in [0.1, 0.15) is 0 Å². The van der Waals surface area contributed by atoms with Crippen molar-refractivity contribution >= 4 is 20.6 Å². The lowest BCUT2D eigenvalue weighted by molar-refractivity contribution is 0.852. The molecule has 0 aliphatic carbocycles. The number of thiazole rings is 1. The first-order chi connectivity index (χ1) is 5.24. The molecule has 0 fully saturated rings. The molecule has 0 saturated carbocycles. The van der Waals surface area contributed by atoms with E-state index in [1.54, 1.807) is 0 Å². The van der Waals surface area contributed by atoms with Crippen molar-refractivity contribution in [2.75, 3.05) is 6.16 Å². The topological polar surface area (TPSA) is 12.9 Å². The highest BCUT2D eigenvalue weighted by molar-refractivity contribution is 7.16. The zero-order valence-electron chi connectivity index (χ0n) is 7.00. The molecule has 0 amide bonds. The van der Waals surface area contributed by atoms with Crippen LogP contribution in [0.1, 0.15) is 29.7 Å². The summed E-state index contributed by atoms with van der Waals surface area (Å²) in [5.41, 5.74) is 0. The minimum absolute atomic E-state index is 0.582. The van der Waals surface area contributed by atoms with Gasteiger partial charge in [-0.2, -0.15) is 0 Å². The summed E-state index contributed by atoms with van der Waals surface area (Å²) in [4.78, 5) is 5.75. The molecule has 1 unspecified atom stereocenters. The lowest BCUT2D eigenvalue weighted by Gasteiger charge is -1.95. The number of hydrogen-bond acceptors (Lipinski definition) is 2. The fourth-order valence-corrected chi connectivity index (χ4v) is 2.30. The average Bonchev–Trinajstić information content (AvgIpc) is 2.37. The SMILES string of the molecule is CC(C)c1ncc(CCP)s1. The summed E-state index contributed by atoms with van der Waals surface area (Å²) in [6.07, 6.45) is 4.29. The van der Waals surface area contributed by atoms with Crippen LogP contribution in [0.4, 0.5) is 0 Å². The van der Waals surface area contributed by atoms with Crippen LogP contribution in [-0.2, 0) is 6.42 Å². The Hall–Kier alpha value is 0.0600. The largest absolute Gasteiger partial charge is 0.249 e. The third kappa shape index (κ3) is 2.53. The van der Waals surface area contributed by atoms with E-state index in [1.807, 2.05) is 17.5 Å². The van der Waals surface area contributed by atoms with Crippen LogP contribution in [0.25, 0.3) is 0 Å². The van der Waals surface area contributed by atoms with Gasteiger partial charge in [-0.1, -0.05) is 13.8 Å². The molecule has 0 aliphatic heterocycles. The lowest BCUT2D eigenvalue weighted by atomic mass is 10.2. The first kappa shape index (κ1) is 9.15. The Labute approximate surface area is 74.4 Å². The predicted octanol–water partition coefficient (Wildman–Crippen LogP) is 2.68. The molecule has 0 aromatic carbocycles. The fraction of sp³-hybridized carbons (Fsp3) is 0.625. The van der Waals surface area contributed by atoms with Crippen molar-refractivity contribution in [2.45, 2.75) is 26.2 Å². The van der Waals surface area contributed by atoms with E-state index < -0.39 is 0 Å². The van der Waals surface area contributed by atoms with Gasteiger partial charge in [0.2, 0.25) is 0 Å². The Morgan fingerprint density at radius 2 is 2.36 bits per heavy atom. The minimum Gasteiger partial charge on any atom is -0.249 e. The van der Waals surface area contributed by atoms with Gasteiger partial charge in [-0.25, -0.2) is 4.98 Å². The molecule has 62 valence electrons. The highest BCUT2D eigenvalue weighted by Gasteiger charge is 2.04. The summed E-state index contributed by atoms with van der Waals surface area (Å²) in [5.74, 6) is 0.582. The van der Waals surface area contributed by atoms with E-state index in [4.69, 9.17) is 0 Å². The van der Waals surface area contributed by atoms with Gasteiger partial charge in [0.25, 0.3) is 0 Å². The normalized spacial score (nSPS) is 10.9. The summed E-state index contributed by atoms with van der Waals surface area (Å²) < 4.78 is 0. The van der Waals surface area contributed by atoms with E-state index in [-0.39, 0.29) is 0 Å². The first-order valence-corrected chi connectivity index (χ1v) is 5.52. The van der Waals surface area contributed by atoms with Crippen LogP contribution in [0.15, 0.2) is 6.20 Å². The predicted molar refractivity (Wildman–Crippen MR) is 54.5 cm³/mol. The van der Waals surface area contributed by atoms with Gasteiger partial charge in [0, 0.05) is 17.0 Å². The van der Waals surface area contributed by atoms with Gasteiger partial charge in [-0.05, 0) is 12.6 Å². The Kier molecular flexibility index (Phi) is 3.47. The molecule has 1 atom stereocenters. The zero-order chi connectivity index (χ0) is 8.27. The maximum atomic E-state index is 4.34. The van der Waals surface area contributed by atoms with Crippen molar-refractivity contribution in [1.29, 1.82) is 0 Å². The van der Waals surface area contributed by atoms with Crippen molar-refractivity contribution in [1.82, 2.24) is 4.98 Å². The molecule has 0 aliphatic rings. The molecule has 1 heterocycles. The standard InChI is InChI=1S/C8H14NPS/c1-6(2)8-9-5-7(11-8)3-4-10/h5-6H,3-4,10H2,1-2H3. The molecule has 0 spiro atoms. The van der Waals surface area contributed by atoms with Gasteiger partial charge < -0.3 is 0 Å². The lowest BCUT2D eigenvalue weighted by Crippen LogP contribution is -1.81. The highest BCUT2D eigenvalue weighted by atomic mass is 32.1. The molecule has 3 heteroatoms. The molecule has 0 saturated heterocycles. The third-order valence-corrected chi connectivity index (χ3v) is 3.10. The quantitative estimate of drug-likeness (QED) is 0.663. The van der Waals surface area contributed by atoms with Crippen molar-refractivity contribution < 1.29 is 0 Å². The van der Waals surface area contributed by atoms with Crippen LogP contribution in [0, 0.1) is 0 Å². The van der Waals surface area contributed by atoms with Gasteiger partial charge >= 0.3 is 0 Å². The molecule has 0 bridgehead atoms. The molecule has 1 aromatic rings. The molecule has 0 N–H and O–H groups in total. The second-order valence-electron chi connectivity index (χ2n) is 2.86. The Balaban J connectivity index is 2.66. The third-order valence-electron chi connectivity index (χ3n) is 1.46. The Morgan fingerprint density at radius 1 is 1.64 bits per heavy atom. The van der Waals surface area contributed by atoms with Crippen molar-refractivity contribution in [3.05, 3.63) is 16.1 Å². The molecule has 1 nitrogen and oxygen atoms in total. The van der Waals surface area contributed by atoms with E-state index in [0.29, 0.717) is 5.92 Å². The summed E-state index contributed by atoms with van der Waals surface area (Å²) in [7, 11) is 2.74. The molecule has 1 rings (SSSR count). The van der Waals surface area contributed by atoms with Crippen molar-refractivity contribution in [2.24, 2.45) is 0 Å². The van der Waals surface area contributed by atoms with Crippen molar-refractivity contribution in [3.8, 4) is 0 Å². The molecule has 11 heavy (non-hydrogen) atoms. The van der Waals surface area contributed by atoms with Crippen LogP contribution in [0.2, 0.25) is 0 Å². The maximum Gasteiger partial charge on any atom is 0.0953 e. The summed E-state index contributed by atoms with van der Waals surface area (Å²) in [6.45, 7) is 4.37. The van der Waals surface area contributed by atoms with E-state index in [1.165, 1.54) is 9.88 Å². The Bertz CT molecular complexity index is 220. The molecular weight excluding hydrogens is 173 g/mol. The number of aromatic nitrogens is 1. The van der Waals surface area contributed by atoms with Crippen LogP contribution in [0.3, 0.4) is 0 Å². The number of aryl methyl sites for hydroxylation is 1. The van der Waals surface area contributed by atoms with Crippen LogP contribution >= 0.6 is 20.6 Å². The molecular formula is C8H14NPS. The summed E-state index contributed by atoms with van der Waals surface area (Å²) in [6, 6.07) is 0. The van der Waals surface area contributed by atoms with Gasteiger partial charge in [0.15, 0.2) is 0 Å². The second-order valence-corrected chi connectivity index (χ2v) is 4.58. The number of nitrogens with zero attached hydrogens (tertiary/aromatic N) is 1. The zero-order valence-corrected chi connectivity index (χ0v) is 8.97. The van der Waals surface area contributed by atoms with Crippen molar-refractivity contribution in [3.63, 3.8) is 0 Å². The average molecular weight is 187 g/mol. The van der Waals surface area contributed by atoms with Gasteiger partial charge in [0.05, 0.1) is 5.01 Å². The van der Waals surface area contributed by atoms with E-state index in [0.717, 1.165) is 12.6 Å². The maximum absolute atomic E-state index is 4.34. The molecule has 1 aromatic heterocycles. The van der Waals surface area contributed by atoms with Gasteiger partial charge in [-0.3, -0.25) is 0 Å². The van der Waals surface area contributed by atoms with Gasteiger partial charge in [-0.15, -0.1) is 20.6 Å². The second kappa shape index (κ2) is 4.18.